The van der Waals surface area contributed by atoms with Gasteiger partial charge < -0.3 is 10.2 Å². The number of nitrogens with one attached hydrogen (secondary N) is 1. The highest BCUT2D eigenvalue weighted by Gasteiger charge is 2.11. The van der Waals surface area contributed by atoms with Gasteiger partial charge in [0.1, 0.15) is 0 Å². The molecule has 0 aliphatic heterocycles. The van der Waals surface area contributed by atoms with Gasteiger partial charge in [-0.2, -0.15) is 0 Å². The molecule has 0 bridgehead atoms. The number of hydrogen-bond donors (Lipinski definition) is 1. The van der Waals surface area contributed by atoms with Crippen molar-refractivity contribution in [2.24, 2.45) is 0 Å². The number of nitro benzene ring substituents is 1. The van der Waals surface area contributed by atoms with Gasteiger partial charge in [-0.1, -0.05) is 19.1 Å². The van der Waals surface area contributed by atoms with E-state index in [4.69, 9.17) is 0 Å². The first-order chi connectivity index (χ1) is 9.04. The number of non-ortho nitro benzene ring substituents is 1. The second kappa shape index (κ2) is 7.48. The Morgan fingerprint density at radius 1 is 1.47 bits per heavy atom. The van der Waals surface area contributed by atoms with E-state index in [2.05, 4.69) is 5.32 Å². The van der Waals surface area contributed by atoms with Crippen molar-refractivity contribution in [2.45, 2.75) is 19.9 Å². The van der Waals surface area contributed by atoms with E-state index >= 15 is 0 Å². The van der Waals surface area contributed by atoms with E-state index in [1.165, 1.54) is 12.1 Å². The molecule has 0 fully saturated rings. The number of hydrogen-bond acceptors (Lipinski definition) is 4. The molecule has 0 aliphatic rings. The van der Waals surface area contributed by atoms with Crippen LogP contribution >= 0.6 is 0 Å². The van der Waals surface area contributed by atoms with Crippen LogP contribution in [0.2, 0.25) is 0 Å². The van der Waals surface area contributed by atoms with Crippen molar-refractivity contribution in [3.63, 3.8) is 0 Å². The first kappa shape index (κ1) is 15.1. The van der Waals surface area contributed by atoms with Gasteiger partial charge >= 0.3 is 0 Å². The van der Waals surface area contributed by atoms with Crippen LogP contribution in [0.5, 0.6) is 0 Å². The third kappa shape index (κ3) is 5.05. The Kier molecular flexibility index (Phi) is 5.95. The standard InChI is InChI=1S/C13H19N3O3/c1-3-7-14-9-13(17)15(2)10-11-5-4-6-12(8-11)16(18)19/h4-6,8,14H,3,7,9-10H2,1-2H3. The van der Waals surface area contributed by atoms with Crippen LogP contribution in [0.3, 0.4) is 0 Å². The van der Waals surface area contributed by atoms with Crippen LogP contribution in [0.15, 0.2) is 24.3 Å². The summed E-state index contributed by atoms with van der Waals surface area (Å²) in [5, 5.41) is 13.7. The number of rotatable bonds is 7. The van der Waals surface area contributed by atoms with Gasteiger partial charge in [0, 0.05) is 25.7 Å². The molecule has 0 spiro atoms. The van der Waals surface area contributed by atoms with E-state index < -0.39 is 4.92 Å². The Labute approximate surface area is 112 Å². The lowest BCUT2D eigenvalue weighted by molar-refractivity contribution is -0.384. The summed E-state index contributed by atoms with van der Waals surface area (Å²) in [5.41, 5.74) is 0.794. The molecule has 104 valence electrons. The lowest BCUT2D eigenvalue weighted by Gasteiger charge is -2.17. The Balaban J connectivity index is 2.56. The van der Waals surface area contributed by atoms with E-state index in [1.807, 2.05) is 6.92 Å². The van der Waals surface area contributed by atoms with Crippen molar-refractivity contribution >= 4 is 11.6 Å². The predicted molar refractivity (Wildman–Crippen MR) is 72.7 cm³/mol. The van der Waals surface area contributed by atoms with Crippen molar-refractivity contribution in [1.29, 1.82) is 0 Å². The van der Waals surface area contributed by atoms with Gasteiger partial charge in [-0.05, 0) is 18.5 Å². The summed E-state index contributed by atoms with van der Waals surface area (Å²) < 4.78 is 0. The van der Waals surface area contributed by atoms with Gasteiger partial charge in [-0.25, -0.2) is 0 Å². The maximum Gasteiger partial charge on any atom is 0.269 e. The molecule has 0 saturated heterocycles. The zero-order valence-corrected chi connectivity index (χ0v) is 11.3. The molecule has 0 aliphatic carbocycles. The fraction of sp³-hybridized carbons (Fsp3) is 0.462. The zero-order chi connectivity index (χ0) is 14.3. The fourth-order valence-corrected chi connectivity index (χ4v) is 1.64. The molecule has 0 radical (unpaired) electrons. The third-order valence-electron chi connectivity index (χ3n) is 2.67. The molecule has 0 heterocycles. The molecule has 6 nitrogen and oxygen atoms in total. The van der Waals surface area contributed by atoms with E-state index in [1.54, 1.807) is 24.1 Å². The molecular weight excluding hydrogens is 246 g/mol. The van der Waals surface area contributed by atoms with Crippen LogP contribution in [0.25, 0.3) is 0 Å². The van der Waals surface area contributed by atoms with Crippen molar-refractivity contribution in [1.82, 2.24) is 10.2 Å². The summed E-state index contributed by atoms with van der Waals surface area (Å²) in [7, 11) is 1.69. The molecule has 0 unspecified atom stereocenters. The summed E-state index contributed by atoms with van der Waals surface area (Å²) in [6, 6.07) is 6.33. The van der Waals surface area contributed by atoms with Gasteiger partial charge in [-0.15, -0.1) is 0 Å². The topological polar surface area (TPSA) is 75.5 Å². The lowest BCUT2D eigenvalue weighted by atomic mass is 10.2. The van der Waals surface area contributed by atoms with Crippen molar-refractivity contribution in [3.8, 4) is 0 Å². The van der Waals surface area contributed by atoms with Crippen molar-refractivity contribution < 1.29 is 9.72 Å². The van der Waals surface area contributed by atoms with E-state index in [0.717, 1.165) is 18.5 Å². The maximum absolute atomic E-state index is 11.8. The van der Waals surface area contributed by atoms with Gasteiger partial charge in [-0.3, -0.25) is 14.9 Å². The number of carbonyl (C=O) groups is 1. The second-order valence-corrected chi connectivity index (χ2v) is 4.35. The maximum atomic E-state index is 11.8. The highest BCUT2D eigenvalue weighted by atomic mass is 16.6. The molecule has 1 rings (SSSR count). The Hall–Kier alpha value is -1.95. The summed E-state index contributed by atoms with van der Waals surface area (Å²) in [4.78, 5) is 23.6. The van der Waals surface area contributed by atoms with E-state index in [-0.39, 0.29) is 11.6 Å². The minimum atomic E-state index is -0.436. The molecular formula is C13H19N3O3. The minimum Gasteiger partial charge on any atom is -0.340 e. The Bertz CT molecular complexity index is 449. The zero-order valence-electron chi connectivity index (χ0n) is 11.3. The highest BCUT2D eigenvalue weighted by molar-refractivity contribution is 5.77. The average molecular weight is 265 g/mol. The van der Waals surface area contributed by atoms with Crippen LogP contribution in [-0.4, -0.2) is 35.9 Å². The number of benzene rings is 1. The first-order valence-electron chi connectivity index (χ1n) is 6.22. The monoisotopic (exact) mass is 265 g/mol. The summed E-state index contributed by atoms with van der Waals surface area (Å²) >= 11 is 0. The van der Waals surface area contributed by atoms with E-state index in [9.17, 15) is 14.9 Å². The summed E-state index contributed by atoms with van der Waals surface area (Å²) in [5.74, 6) is -0.0278. The highest BCUT2D eigenvalue weighted by Crippen LogP contribution is 2.14. The number of nitrogens with zero attached hydrogens (tertiary/aromatic N) is 2. The van der Waals surface area contributed by atoms with Crippen molar-refractivity contribution in [2.75, 3.05) is 20.1 Å². The Morgan fingerprint density at radius 3 is 2.84 bits per heavy atom. The molecule has 1 aromatic rings. The average Bonchev–Trinajstić information content (AvgIpc) is 2.39. The first-order valence-corrected chi connectivity index (χ1v) is 6.22. The minimum absolute atomic E-state index is 0.0278. The SMILES string of the molecule is CCCNCC(=O)N(C)Cc1cccc([N+](=O)[O-])c1. The molecule has 1 aromatic carbocycles. The predicted octanol–water partition coefficient (Wildman–Crippen LogP) is 1.55. The quantitative estimate of drug-likeness (QED) is 0.461. The molecule has 1 N–H and O–H groups in total. The summed E-state index contributed by atoms with van der Waals surface area (Å²) in [6.07, 6.45) is 0.974. The number of likely N-dealkylation sites (N-methyl/N-ethyl adjacent to an activating group) is 1. The molecule has 6 heteroatoms. The molecule has 0 saturated carbocycles. The van der Waals surface area contributed by atoms with E-state index in [0.29, 0.717) is 13.1 Å². The molecule has 19 heavy (non-hydrogen) atoms. The van der Waals surface area contributed by atoms with Crippen LogP contribution in [0, 0.1) is 10.1 Å². The number of nitro groups is 1. The lowest BCUT2D eigenvalue weighted by Crippen LogP contribution is -2.35. The Morgan fingerprint density at radius 2 is 2.21 bits per heavy atom. The van der Waals surface area contributed by atoms with Crippen LogP contribution < -0.4 is 5.32 Å². The van der Waals surface area contributed by atoms with Crippen LogP contribution in [-0.2, 0) is 11.3 Å². The molecule has 0 aromatic heterocycles. The largest absolute Gasteiger partial charge is 0.340 e. The van der Waals surface area contributed by atoms with Crippen LogP contribution in [0.1, 0.15) is 18.9 Å². The van der Waals surface area contributed by atoms with Gasteiger partial charge in [0.15, 0.2) is 0 Å². The summed E-state index contributed by atoms with van der Waals surface area (Å²) in [6.45, 7) is 3.49. The van der Waals surface area contributed by atoms with Gasteiger partial charge in [0.2, 0.25) is 5.91 Å². The second-order valence-electron chi connectivity index (χ2n) is 4.35. The molecule has 0 atom stereocenters. The van der Waals surface area contributed by atoms with Gasteiger partial charge in [0.05, 0.1) is 11.5 Å². The molecule has 1 amide bonds. The van der Waals surface area contributed by atoms with Crippen LogP contribution in [0.4, 0.5) is 5.69 Å². The van der Waals surface area contributed by atoms with Crippen molar-refractivity contribution in [3.05, 3.63) is 39.9 Å². The smallest absolute Gasteiger partial charge is 0.269 e. The number of amides is 1. The fourth-order valence-electron chi connectivity index (χ4n) is 1.64. The normalized spacial score (nSPS) is 10.2. The van der Waals surface area contributed by atoms with Gasteiger partial charge in [0.25, 0.3) is 5.69 Å². The number of carbonyl (C=O) groups excluding carboxylic acids is 1. The third-order valence-corrected chi connectivity index (χ3v) is 2.67.